The summed E-state index contributed by atoms with van der Waals surface area (Å²) in [4.78, 5) is -0.0103. The van der Waals surface area contributed by atoms with Gasteiger partial charge in [0.15, 0.2) is 11.6 Å². The number of nitrogens with one attached hydrogen (secondary N) is 2. The molecule has 2 N–H and O–H groups in total. The number of hydrogen-bond donors (Lipinski definition) is 2. The second-order valence-electron chi connectivity index (χ2n) is 5.99. The van der Waals surface area contributed by atoms with Gasteiger partial charge in [0.05, 0.1) is 4.90 Å². The number of sulfonamides is 1. The predicted molar refractivity (Wildman–Crippen MR) is 103 cm³/mol. The van der Waals surface area contributed by atoms with Crippen molar-refractivity contribution in [2.45, 2.75) is 25.2 Å². The van der Waals surface area contributed by atoms with E-state index in [0.29, 0.717) is 11.4 Å². The molecule has 8 heteroatoms. The molecular weight excluding hydrogens is 367 g/mol. The first-order valence-corrected chi connectivity index (χ1v) is 9.84. The van der Waals surface area contributed by atoms with Gasteiger partial charge in [-0.3, -0.25) is 4.72 Å². The first-order valence-electron chi connectivity index (χ1n) is 8.36. The number of hydrogen-bond acceptors (Lipinski definition) is 5. The highest BCUT2D eigenvalue weighted by atomic mass is 32.2. The molecule has 3 rings (SSSR count). The van der Waals surface area contributed by atoms with E-state index in [9.17, 15) is 12.8 Å². The Morgan fingerprint density at radius 1 is 0.963 bits per heavy atom. The lowest BCUT2D eigenvalue weighted by atomic mass is 10.1. The van der Waals surface area contributed by atoms with Gasteiger partial charge < -0.3 is 5.32 Å². The van der Waals surface area contributed by atoms with Crippen molar-refractivity contribution in [1.82, 2.24) is 10.2 Å². The first kappa shape index (κ1) is 18.8. The second kappa shape index (κ2) is 7.71. The molecule has 2 aromatic carbocycles. The summed E-state index contributed by atoms with van der Waals surface area (Å²) >= 11 is 0. The minimum Gasteiger partial charge on any atom is -0.339 e. The van der Waals surface area contributed by atoms with Gasteiger partial charge in [-0.1, -0.05) is 19.1 Å². The SMILES string of the molecule is CCc1ccc(Nc2ccc(NS(=O)(=O)c3ccc(F)cc3C)nn2)cc1. The third kappa shape index (κ3) is 4.59. The summed E-state index contributed by atoms with van der Waals surface area (Å²) in [5.41, 5.74) is 2.40. The topological polar surface area (TPSA) is 84.0 Å². The van der Waals surface area contributed by atoms with Gasteiger partial charge in [0.1, 0.15) is 5.82 Å². The van der Waals surface area contributed by atoms with Crippen molar-refractivity contribution < 1.29 is 12.8 Å². The third-order valence-corrected chi connectivity index (χ3v) is 5.48. The Labute approximate surface area is 157 Å². The lowest BCUT2D eigenvalue weighted by molar-refractivity contribution is 0.598. The number of halogens is 1. The summed E-state index contributed by atoms with van der Waals surface area (Å²) in [5.74, 6) is 0.0689. The number of rotatable bonds is 6. The van der Waals surface area contributed by atoms with Gasteiger partial charge in [0, 0.05) is 5.69 Å². The molecule has 0 aliphatic heterocycles. The standard InChI is InChI=1S/C19H19FN4O2S/c1-3-14-4-7-16(8-5-14)21-18-10-11-19(23-22-18)24-27(25,26)17-9-6-15(20)12-13(17)2/h4-12H,3H2,1-2H3,(H,21,22)(H,23,24). The molecule has 0 amide bonds. The van der Waals surface area contributed by atoms with Gasteiger partial charge in [-0.2, -0.15) is 0 Å². The van der Waals surface area contributed by atoms with Crippen LogP contribution >= 0.6 is 0 Å². The van der Waals surface area contributed by atoms with Crippen molar-refractivity contribution in [3.05, 3.63) is 71.5 Å². The van der Waals surface area contributed by atoms with Crippen LogP contribution in [0.3, 0.4) is 0 Å². The molecule has 0 spiro atoms. The Balaban J connectivity index is 1.73. The van der Waals surface area contributed by atoms with Gasteiger partial charge in [-0.05, 0) is 66.9 Å². The maximum atomic E-state index is 13.2. The van der Waals surface area contributed by atoms with Crippen LogP contribution in [0.1, 0.15) is 18.1 Å². The molecule has 27 heavy (non-hydrogen) atoms. The van der Waals surface area contributed by atoms with E-state index in [2.05, 4.69) is 27.2 Å². The zero-order valence-electron chi connectivity index (χ0n) is 14.9. The molecule has 0 aliphatic carbocycles. The molecule has 0 fully saturated rings. The van der Waals surface area contributed by atoms with Gasteiger partial charge in [0.25, 0.3) is 10.0 Å². The minimum atomic E-state index is -3.88. The highest BCUT2D eigenvalue weighted by molar-refractivity contribution is 7.92. The maximum Gasteiger partial charge on any atom is 0.263 e. The number of benzene rings is 2. The van der Waals surface area contributed by atoms with Crippen LogP contribution in [0, 0.1) is 12.7 Å². The fraction of sp³-hybridized carbons (Fsp3) is 0.158. The van der Waals surface area contributed by atoms with Gasteiger partial charge in [0.2, 0.25) is 0 Å². The van der Waals surface area contributed by atoms with Crippen molar-refractivity contribution in [2.75, 3.05) is 10.0 Å². The van der Waals surface area contributed by atoms with E-state index in [-0.39, 0.29) is 10.7 Å². The summed E-state index contributed by atoms with van der Waals surface area (Å²) in [6.45, 7) is 3.61. The lowest BCUT2D eigenvalue weighted by Crippen LogP contribution is -2.15. The van der Waals surface area contributed by atoms with Gasteiger partial charge in [-0.15, -0.1) is 10.2 Å². The average molecular weight is 386 g/mol. The van der Waals surface area contributed by atoms with Crippen molar-refractivity contribution in [1.29, 1.82) is 0 Å². The molecule has 6 nitrogen and oxygen atoms in total. The van der Waals surface area contributed by atoms with Crippen LogP contribution in [-0.2, 0) is 16.4 Å². The predicted octanol–water partition coefficient (Wildman–Crippen LogP) is 4.03. The number of nitrogens with zero attached hydrogens (tertiary/aromatic N) is 2. The number of aromatic nitrogens is 2. The Bertz CT molecular complexity index is 1040. The van der Waals surface area contributed by atoms with Gasteiger partial charge in [-0.25, -0.2) is 12.8 Å². The van der Waals surface area contributed by atoms with Crippen LogP contribution in [0.4, 0.5) is 21.7 Å². The fourth-order valence-electron chi connectivity index (χ4n) is 2.53. The average Bonchev–Trinajstić information content (AvgIpc) is 2.63. The van der Waals surface area contributed by atoms with E-state index in [1.54, 1.807) is 6.07 Å². The monoisotopic (exact) mass is 386 g/mol. The summed E-state index contributed by atoms with van der Waals surface area (Å²) in [6, 6.07) is 14.5. The molecule has 140 valence electrons. The largest absolute Gasteiger partial charge is 0.339 e. The number of anilines is 3. The van der Waals surface area contributed by atoms with Crippen molar-refractivity contribution >= 4 is 27.3 Å². The van der Waals surface area contributed by atoms with E-state index in [4.69, 9.17) is 0 Å². The zero-order chi connectivity index (χ0) is 19.4. The van der Waals surface area contributed by atoms with Crippen LogP contribution < -0.4 is 10.0 Å². The van der Waals surface area contributed by atoms with Crippen molar-refractivity contribution in [3.63, 3.8) is 0 Å². The molecule has 0 atom stereocenters. The van der Waals surface area contributed by atoms with E-state index < -0.39 is 15.8 Å². The molecule has 0 bridgehead atoms. The van der Waals surface area contributed by atoms with Crippen LogP contribution in [0.5, 0.6) is 0 Å². The van der Waals surface area contributed by atoms with Gasteiger partial charge >= 0.3 is 0 Å². The third-order valence-electron chi connectivity index (χ3n) is 3.96. The minimum absolute atomic E-state index is 0.0103. The van der Waals surface area contributed by atoms with Crippen LogP contribution in [0.15, 0.2) is 59.5 Å². The zero-order valence-corrected chi connectivity index (χ0v) is 15.7. The fourth-order valence-corrected chi connectivity index (χ4v) is 3.76. The highest BCUT2D eigenvalue weighted by Gasteiger charge is 2.18. The second-order valence-corrected chi connectivity index (χ2v) is 7.65. The van der Waals surface area contributed by atoms with Crippen molar-refractivity contribution in [3.8, 4) is 0 Å². The molecule has 0 saturated carbocycles. The molecule has 0 aliphatic rings. The van der Waals surface area contributed by atoms with E-state index in [0.717, 1.165) is 24.2 Å². The Hall–Kier alpha value is -3.00. The first-order chi connectivity index (χ1) is 12.9. The summed E-state index contributed by atoms with van der Waals surface area (Å²) in [6.07, 6.45) is 0.961. The van der Waals surface area contributed by atoms with Crippen LogP contribution in [-0.4, -0.2) is 18.6 Å². The van der Waals surface area contributed by atoms with E-state index in [1.165, 1.54) is 24.6 Å². The smallest absolute Gasteiger partial charge is 0.263 e. The summed E-state index contributed by atoms with van der Waals surface area (Å²) in [5, 5.41) is 11.0. The van der Waals surface area contributed by atoms with Crippen LogP contribution in [0.2, 0.25) is 0 Å². The van der Waals surface area contributed by atoms with E-state index in [1.807, 2.05) is 24.3 Å². The number of aryl methyl sites for hydroxylation is 2. The molecule has 0 unspecified atom stereocenters. The molecular formula is C19H19FN4O2S. The summed E-state index contributed by atoms with van der Waals surface area (Å²) < 4.78 is 40.4. The molecule has 3 aromatic rings. The maximum absolute atomic E-state index is 13.2. The molecule has 0 radical (unpaired) electrons. The normalized spacial score (nSPS) is 11.2. The van der Waals surface area contributed by atoms with Crippen molar-refractivity contribution in [2.24, 2.45) is 0 Å². The molecule has 1 heterocycles. The molecule has 1 aromatic heterocycles. The van der Waals surface area contributed by atoms with Crippen LogP contribution in [0.25, 0.3) is 0 Å². The highest BCUT2D eigenvalue weighted by Crippen LogP contribution is 2.20. The quantitative estimate of drug-likeness (QED) is 0.668. The Kier molecular flexibility index (Phi) is 5.36. The Morgan fingerprint density at radius 3 is 2.22 bits per heavy atom. The summed E-state index contributed by atoms with van der Waals surface area (Å²) in [7, 11) is -3.88. The lowest BCUT2D eigenvalue weighted by Gasteiger charge is -2.10. The Morgan fingerprint density at radius 2 is 1.63 bits per heavy atom. The molecule has 0 saturated heterocycles. The van der Waals surface area contributed by atoms with E-state index >= 15 is 0 Å².